The Morgan fingerprint density at radius 1 is 1.22 bits per heavy atom. The lowest BCUT2D eigenvalue weighted by Crippen LogP contribution is -2.48. The van der Waals surface area contributed by atoms with Crippen LogP contribution in [0.5, 0.6) is 0 Å². The number of carbonyl (C=O) groups is 2. The first kappa shape index (κ1) is 18.0. The average molecular weight is 365 g/mol. The lowest BCUT2D eigenvalue weighted by Gasteiger charge is -2.34. The standard InChI is InChI=1S/C22H27N3O2/c1-15(2)19-14-24(12-10-20(26)25(19)13-16-7-8-16)22(27)21-18-6-4-3-5-17(18)9-11-23-21/h3-6,9,11,15-16,19H,7-8,10,12-14H2,1-2H3. The van der Waals surface area contributed by atoms with Gasteiger partial charge >= 0.3 is 0 Å². The summed E-state index contributed by atoms with van der Waals surface area (Å²) in [5.74, 6) is 1.07. The van der Waals surface area contributed by atoms with Crippen LogP contribution in [0, 0.1) is 11.8 Å². The van der Waals surface area contributed by atoms with Crippen LogP contribution in [0.3, 0.4) is 0 Å². The van der Waals surface area contributed by atoms with Gasteiger partial charge < -0.3 is 9.80 Å². The molecule has 5 nitrogen and oxygen atoms in total. The number of amides is 2. The highest BCUT2D eigenvalue weighted by Gasteiger charge is 2.37. The minimum atomic E-state index is -0.0708. The largest absolute Gasteiger partial charge is 0.337 e. The molecule has 0 radical (unpaired) electrons. The summed E-state index contributed by atoms with van der Waals surface area (Å²) in [4.78, 5) is 34.4. The Balaban J connectivity index is 1.62. The molecule has 5 heteroatoms. The number of pyridine rings is 1. The number of carbonyl (C=O) groups excluding carboxylic acids is 2. The first-order valence-electron chi connectivity index (χ1n) is 9.97. The quantitative estimate of drug-likeness (QED) is 0.835. The fourth-order valence-corrected chi connectivity index (χ4v) is 3.99. The molecule has 1 unspecified atom stereocenters. The summed E-state index contributed by atoms with van der Waals surface area (Å²) >= 11 is 0. The second-order valence-electron chi connectivity index (χ2n) is 8.18. The van der Waals surface area contributed by atoms with Crippen molar-refractivity contribution in [3.63, 3.8) is 0 Å². The Kier molecular flexibility index (Phi) is 4.85. The summed E-state index contributed by atoms with van der Waals surface area (Å²) in [7, 11) is 0. The van der Waals surface area contributed by atoms with Crippen molar-refractivity contribution < 1.29 is 9.59 Å². The van der Waals surface area contributed by atoms with Gasteiger partial charge in [-0.05, 0) is 36.1 Å². The van der Waals surface area contributed by atoms with Crippen molar-refractivity contribution in [1.29, 1.82) is 0 Å². The van der Waals surface area contributed by atoms with Crippen molar-refractivity contribution in [2.24, 2.45) is 11.8 Å². The molecular formula is C22H27N3O2. The minimum absolute atomic E-state index is 0.0690. The number of aromatic nitrogens is 1. The monoisotopic (exact) mass is 365 g/mol. The number of rotatable bonds is 4. The van der Waals surface area contributed by atoms with Gasteiger partial charge in [-0.15, -0.1) is 0 Å². The van der Waals surface area contributed by atoms with E-state index in [1.165, 1.54) is 12.8 Å². The molecular weight excluding hydrogens is 338 g/mol. The van der Waals surface area contributed by atoms with Gasteiger partial charge in [0.25, 0.3) is 5.91 Å². The maximum Gasteiger partial charge on any atom is 0.273 e. The maximum absolute atomic E-state index is 13.3. The van der Waals surface area contributed by atoms with Crippen LogP contribution in [0.25, 0.3) is 10.8 Å². The van der Waals surface area contributed by atoms with Crippen molar-refractivity contribution >= 4 is 22.6 Å². The second kappa shape index (κ2) is 7.29. The molecule has 142 valence electrons. The topological polar surface area (TPSA) is 53.5 Å². The predicted octanol–water partition coefficient (Wildman–Crippen LogP) is 3.34. The lowest BCUT2D eigenvalue weighted by molar-refractivity contribution is -0.133. The van der Waals surface area contributed by atoms with Crippen LogP contribution in [0.2, 0.25) is 0 Å². The van der Waals surface area contributed by atoms with Crippen LogP contribution in [-0.4, -0.2) is 52.3 Å². The Morgan fingerprint density at radius 2 is 2.00 bits per heavy atom. The normalized spacial score (nSPS) is 21.0. The van der Waals surface area contributed by atoms with Crippen molar-refractivity contribution in [2.45, 2.75) is 39.2 Å². The van der Waals surface area contributed by atoms with E-state index in [-0.39, 0.29) is 17.9 Å². The van der Waals surface area contributed by atoms with E-state index in [9.17, 15) is 9.59 Å². The fraction of sp³-hybridized carbons (Fsp3) is 0.500. The molecule has 2 aliphatic rings. The Labute approximate surface area is 160 Å². The number of nitrogens with zero attached hydrogens (tertiary/aromatic N) is 3. The van der Waals surface area contributed by atoms with Gasteiger partial charge in [0.2, 0.25) is 5.91 Å². The zero-order chi connectivity index (χ0) is 19.0. The van der Waals surface area contributed by atoms with Gasteiger partial charge in [-0.1, -0.05) is 38.1 Å². The Hall–Kier alpha value is -2.43. The SMILES string of the molecule is CC(C)C1CN(C(=O)c2nccc3ccccc23)CCC(=O)N1CC1CC1. The fourth-order valence-electron chi connectivity index (χ4n) is 3.99. The number of fused-ring (bicyclic) bond motifs is 1. The minimum Gasteiger partial charge on any atom is -0.337 e. The summed E-state index contributed by atoms with van der Waals surface area (Å²) in [5, 5.41) is 1.88. The average Bonchev–Trinajstić information content (AvgIpc) is 3.50. The molecule has 0 spiro atoms. The molecule has 1 aromatic carbocycles. The van der Waals surface area contributed by atoms with Gasteiger partial charge in [-0.3, -0.25) is 14.6 Å². The molecule has 27 heavy (non-hydrogen) atoms. The Morgan fingerprint density at radius 3 is 2.74 bits per heavy atom. The first-order valence-corrected chi connectivity index (χ1v) is 9.97. The molecule has 4 rings (SSSR count). The van der Waals surface area contributed by atoms with E-state index in [0.29, 0.717) is 37.0 Å². The van der Waals surface area contributed by atoms with E-state index in [2.05, 4.69) is 18.8 Å². The van der Waals surface area contributed by atoms with Gasteiger partial charge in [0, 0.05) is 37.6 Å². The Bertz CT molecular complexity index is 854. The molecule has 2 heterocycles. The first-order chi connectivity index (χ1) is 13.0. The van der Waals surface area contributed by atoms with Gasteiger partial charge in [0.05, 0.1) is 6.04 Å². The highest BCUT2D eigenvalue weighted by Crippen LogP contribution is 2.32. The summed E-state index contributed by atoms with van der Waals surface area (Å²) < 4.78 is 0. The molecule has 1 atom stereocenters. The van der Waals surface area contributed by atoms with E-state index in [0.717, 1.165) is 17.3 Å². The van der Waals surface area contributed by atoms with E-state index < -0.39 is 0 Å². The highest BCUT2D eigenvalue weighted by molar-refractivity contribution is 6.05. The van der Waals surface area contributed by atoms with Crippen molar-refractivity contribution in [2.75, 3.05) is 19.6 Å². The summed E-state index contributed by atoms with van der Waals surface area (Å²) in [5.41, 5.74) is 0.485. The highest BCUT2D eigenvalue weighted by atomic mass is 16.2. The van der Waals surface area contributed by atoms with Gasteiger partial charge in [-0.2, -0.15) is 0 Å². The number of hydrogen-bond acceptors (Lipinski definition) is 3. The van der Waals surface area contributed by atoms with Crippen LogP contribution in [0.15, 0.2) is 36.5 Å². The van der Waals surface area contributed by atoms with E-state index >= 15 is 0 Å². The van der Waals surface area contributed by atoms with Crippen LogP contribution in [0.1, 0.15) is 43.6 Å². The molecule has 2 amide bonds. The molecule has 1 aliphatic heterocycles. The summed E-state index contributed by atoms with van der Waals surface area (Å²) in [6, 6.07) is 9.82. The molecule has 2 aromatic rings. The van der Waals surface area contributed by atoms with Gasteiger partial charge in [0.1, 0.15) is 5.69 Å². The molecule has 1 aliphatic carbocycles. The third kappa shape index (κ3) is 3.68. The molecule has 1 saturated carbocycles. The molecule has 0 N–H and O–H groups in total. The van der Waals surface area contributed by atoms with E-state index in [4.69, 9.17) is 0 Å². The zero-order valence-corrected chi connectivity index (χ0v) is 16.1. The molecule has 1 aromatic heterocycles. The third-order valence-electron chi connectivity index (χ3n) is 5.81. The summed E-state index contributed by atoms with van der Waals surface area (Å²) in [6.45, 7) is 6.17. The van der Waals surface area contributed by atoms with Crippen molar-refractivity contribution in [3.8, 4) is 0 Å². The van der Waals surface area contributed by atoms with E-state index in [1.807, 2.05) is 40.1 Å². The van der Waals surface area contributed by atoms with Crippen LogP contribution in [0.4, 0.5) is 0 Å². The van der Waals surface area contributed by atoms with E-state index in [1.54, 1.807) is 6.20 Å². The van der Waals surface area contributed by atoms with Crippen molar-refractivity contribution in [1.82, 2.24) is 14.8 Å². The van der Waals surface area contributed by atoms with Crippen LogP contribution >= 0.6 is 0 Å². The second-order valence-corrected chi connectivity index (χ2v) is 8.18. The zero-order valence-electron chi connectivity index (χ0n) is 16.1. The van der Waals surface area contributed by atoms with Crippen LogP contribution in [-0.2, 0) is 4.79 Å². The smallest absolute Gasteiger partial charge is 0.273 e. The van der Waals surface area contributed by atoms with Crippen LogP contribution < -0.4 is 0 Å². The third-order valence-corrected chi connectivity index (χ3v) is 5.81. The maximum atomic E-state index is 13.3. The number of hydrogen-bond donors (Lipinski definition) is 0. The lowest BCUT2D eigenvalue weighted by atomic mass is 10.0. The molecule has 1 saturated heterocycles. The summed E-state index contributed by atoms with van der Waals surface area (Å²) in [6.07, 6.45) is 4.53. The van der Waals surface area contributed by atoms with Crippen molar-refractivity contribution in [3.05, 3.63) is 42.2 Å². The number of benzene rings is 1. The van der Waals surface area contributed by atoms with Gasteiger partial charge in [-0.25, -0.2) is 0 Å². The predicted molar refractivity (Wildman–Crippen MR) is 105 cm³/mol. The molecule has 0 bridgehead atoms. The van der Waals surface area contributed by atoms with Gasteiger partial charge in [0.15, 0.2) is 0 Å². The molecule has 2 fully saturated rings.